The van der Waals surface area contributed by atoms with Gasteiger partial charge in [-0.3, -0.25) is 0 Å². The maximum atomic E-state index is 6.02. The third-order valence-corrected chi connectivity index (χ3v) is 3.28. The summed E-state index contributed by atoms with van der Waals surface area (Å²) in [6.07, 6.45) is 4.72. The van der Waals surface area contributed by atoms with E-state index in [9.17, 15) is 0 Å². The van der Waals surface area contributed by atoms with Crippen molar-refractivity contribution < 1.29 is 0 Å². The molecule has 0 spiro atoms. The molecule has 0 aromatic heterocycles. The van der Waals surface area contributed by atoms with Gasteiger partial charge in [-0.2, -0.15) is 0 Å². The molecule has 1 aliphatic carbocycles. The zero-order valence-electron chi connectivity index (χ0n) is 9.37. The fraction of sp³-hybridized carbons (Fsp3) is 0.538. The van der Waals surface area contributed by atoms with Crippen LogP contribution in [0.1, 0.15) is 31.7 Å². The number of hydrogen-bond acceptors (Lipinski definition) is 2. The van der Waals surface area contributed by atoms with Gasteiger partial charge in [0, 0.05) is 17.8 Å². The summed E-state index contributed by atoms with van der Waals surface area (Å²) in [6, 6.07) is 9.48. The van der Waals surface area contributed by atoms with Gasteiger partial charge in [-0.1, -0.05) is 19.1 Å². The van der Waals surface area contributed by atoms with Gasteiger partial charge in [-0.15, -0.1) is 0 Å². The Morgan fingerprint density at radius 3 is 2.53 bits per heavy atom. The molecule has 2 atom stereocenters. The van der Waals surface area contributed by atoms with Gasteiger partial charge in [-0.25, -0.2) is 0 Å². The number of rotatable bonds is 3. The van der Waals surface area contributed by atoms with E-state index in [2.05, 4.69) is 36.5 Å². The van der Waals surface area contributed by atoms with Crippen LogP contribution in [0.25, 0.3) is 0 Å². The van der Waals surface area contributed by atoms with Gasteiger partial charge in [-0.05, 0) is 43.4 Å². The number of anilines is 1. The summed E-state index contributed by atoms with van der Waals surface area (Å²) in [7, 11) is 0. The molecule has 15 heavy (non-hydrogen) atoms. The minimum Gasteiger partial charge on any atom is -0.381 e. The van der Waals surface area contributed by atoms with E-state index in [1.807, 2.05) is 0 Å². The summed E-state index contributed by atoms with van der Waals surface area (Å²) in [5.74, 6) is 0. The molecule has 1 fully saturated rings. The van der Waals surface area contributed by atoms with Crippen LogP contribution in [0.15, 0.2) is 24.3 Å². The summed E-state index contributed by atoms with van der Waals surface area (Å²) < 4.78 is 0. The molecule has 2 heteroatoms. The van der Waals surface area contributed by atoms with E-state index in [-0.39, 0.29) is 0 Å². The molecule has 0 saturated heterocycles. The Hall–Kier alpha value is -1.02. The first-order valence-corrected chi connectivity index (χ1v) is 5.90. The monoisotopic (exact) mass is 204 g/mol. The minimum absolute atomic E-state index is 0.329. The average Bonchev–Trinajstić information content (AvgIpc) is 2.66. The van der Waals surface area contributed by atoms with Crippen LogP contribution in [0.2, 0.25) is 0 Å². The number of nitrogens with one attached hydrogen (secondary N) is 1. The second kappa shape index (κ2) is 4.67. The molecule has 0 bridgehead atoms. The lowest BCUT2D eigenvalue weighted by atomic mass is 10.1. The third-order valence-electron chi connectivity index (χ3n) is 3.28. The fourth-order valence-electron chi connectivity index (χ4n) is 2.22. The lowest BCUT2D eigenvalue weighted by molar-refractivity contribution is 0.638. The molecule has 2 unspecified atom stereocenters. The first-order chi connectivity index (χ1) is 7.29. The van der Waals surface area contributed by atoms with Gasteiger partial charge in [0.1, 0.15) is 0 Å². The Morgan fingerprint density at radius 2 is 2.00 bits per heavy atom. The smallest absolute Gasteiger partial charge is 0.0412 e. The number of aryl methyl sites for hydroxylation is 1. The maximum Gasteiger partial charge on any atom is 0.0412 e. The Kier molecular flexibility index (Phi) is 3.27. The molecule has 0 aliphatic heterocycles. The van der Waals surface area contributed by atoms with Gasteiger partial charge in [0.2, 0.25) is 0 Å². The molecular weight excluding hydrogens is 184 g/mol. The summed E-state index contributed by atoms with van der Waals surface area (Å²) in [5, 5.41) is 3.52. The van der Waals surface area contributed by atoms with E-state index in [4.69, 9.17) is 5.73 Å². The molecule has 2 rings (SSSR count). The number of benzene rings is 1. The third kappa shape index (κ3) is 2.51. The molecule has 1 aromatic rings. The molecule has 0 amide bonds. The van der Waals surface area contributed by atoms with Gasteiger partial charge in [0.15, 0.2) is 0 Å². The standard InChI is InChI=1S/C13H20N2/c1-2-10-6-8-11(9-7-10)15-13-5-3-4-12(13)14/h6-9,12-13,15H,2-5,14H2,1H3. The van der Waals surface area contributed by atoms with Gasteiger partial charge >= 0.3 is 0 Å². The molecular formula is C13H20N2. The SMILES string of the molecule is CCc1ccc(NC2CCCC2N)cc1. The normalized spacial score (nSPS) is 25.5. The van der Waals surface area contributed by atoms with Crippen LogP contribution in [0.5, 0.6) is 0 Å². The zero-order valence-corrected chi connectivity index (χ0v) is 9.37. The van der Waals surface area contributed by atoms with Crippen molar-refractivity contribution in [3.8, 4) is 0 Å². The second-order valence-electron chi connectivity index (χ2n) is 4.40. The highest BCUT2D eigenvalue weighted by molar-refractivity contribution is 5.46. The quantitative estimate of drug-likeness (QED) is 0.794. The predicted octanol–water partition coefficient (Wildman–Crippen LogP) is 2.54. The molecule has 1 aromatic carbocycles. The van der Waals surface area contributed by atoms with Crippen LogP contribution in [-0.2, 0) is 6.42 Å². The van der Waals surface area contributed by atoms with Crippen molar-refractivity contribution >= 4 is 5.69 Å². The first kappa shape index (κ1) is 10.5. The molecule has 3 N–H and O–H groups in total. The summed E-state index contributed by atoms with van der Waals surface area (Å²) in [4.78, 5) is 0. The summed E-state index contributed by atoms with van der Waals surface area (Å²) in [5.41, 5.74) is 8.61. The second-order valence-corrected chi connectivity index (χ2v) is 4.40. The van der Waals surface area contributed by atoms with Gasteiger partial charge < -0.3 is 11.1 Å². The average molecular weight is 204 g/mol. The van der Waals surface area contributed by atoms with E-state index in [0.29, 0.717) is 12.1 Å². The number of nitrogens with two attached hydrogens (primary N) is 1. The maximum absolute atomic E-state index is 6.02. The lowest BCUT2D eigenvalue weighted by Gasteiger charge is -2.18. The van der Waals surface area contributed by atoms with E-state index >= 15 is 0 Å². The van der Waals surface area contributed by atoms with Crippen molar-refractivity contribution in [2.75, 3.05) is 5.32 Å². The Labute approximate surface area is 91.9 Å². The van der Waals surface area contributed by atoms with Gasteiger partial charge in [0.25, 0.3) is 0 Å². The Morgan fingerprint density at radius 1 is 1.27 bits per heavy atom. The van der Waals surface area contributed by atoms with Crippen LogP contribution in [0.3, 0.4) is 0 Å². The van der Waals surface area contributed by atoms with E-state index in [1.54, 1.807) is 0 Å². The molecule has 1 aliphatic rings. The van der Waals surface area contributed by atoms with Crippen molar-refractivity contribution in [3.05, 3.63) is 29.8 Å². The van der Waals surface area contributed by atoms with Crippen LogP contribution in [0, 0.1) is 0 Å². The molecule has 0 radical (unpaired) electrons. The highest BCUT2D eigenvalue weighted by Crippen LogP contribution is 2.21. The fourth-order valence-corrected chi connectivity index (χ4v) is 2.22. The topological polar surface area (TPSA) is 38.0 Å². The zero-order chi connectivity index (χ0) is 10.7. The highest BCUT2D eigenvalue weighted by Gasteiger charge is 2.23. The van der Waals surface area contributed by atoms with Crippen molar-refractivity contribution in [2.24, 2.45) is 5.73 Å². The predicted molar refractivity (Wildman–Crippen MR) is 65.1 cm³/mol. The largest absolute Gasteiger partial charge is 0.381 e. The summed E-state index contributed by atoms with van der Waals surface area (Å²) >= 11 is 0. The molecule has 82 valence electrons. The highest BCUT2D eigenvalue weighted by atomic mass is 15.0. The van der Waals surface area contributed by atoms with Crippen LogP contribution >= 0.6 is 0 Å². The molecule has 1 saturated carbocycles. The molecule has 0 heterocycles. The lowest BCUT2D eigenvalue weighted by Crippen LogP contribution is -2.35. The van der Waals surface area contributed by atoms with Crippen molar-refractivity contribution in [3.63, 3.8) is 0 Å². The van der Waals surface area contributed by atoms with Crippen LogP contribution in [-0.4, -0.2) is 12.1 Å². The van der Waals surface area contributed by atoms with Crippen LogP contribution < -0.4 is 11.1 Å². The number of hydrogen-bond donors (Lipinski definition) is 2. The van der Waals surface area contributed by atoms with Crippen molar-refractivity contribution in [2.45, 2.75) is 44.7 Å². The van der Waals surface area contributed by atoms with Crippen molar-refractivity contribution in [1.82, 2.24) is 0 Å². The Balaban J connectivity index is 1.98. The van der Waals surface area contributed by atoms with E-state index in [0.717, 1.165) is 12.8 Å². The van der Waals surface area contributed by atoms with Gasteiger partial charge in [0.05, 0.1) is 0 Å². The first-order valence-electron chi connectivity index (χ1n) is 5.90. The summed E-state index contributed by atoms with van der Waals surface area (Å²) in [6.45, 7) is 2.18. The van der Waals surface area contributed by atoms with E-state index < -0.39 is 0 Å². The molecule has 2 nitrogen and oxygen atoms in total. The minimum atomic E-state index is 0.329. The van der Waals surface area contributed by atoms with E-state index in [1.165, 1.54) is 24.1 Å². The van der Waals surface area contributed by atoms with Crippen molar-refractivity contribution in [1.29, 1.82) is 0 Å². The van der Waals surface area contributed by atoms with Crippen LogP contribution in [0.4, 0.5) is 5.69 Å². The Bertz CT molecular complexity index is 305.